The Labute approximate surface area is 321 Å². The van der Waals surface area contributed by atoms with Gasteiger partial charge in [-0.05, 0) is 80.6 Å². The van der Waals surface area contributed by atoms with Gasteiger partial charge in [-0.1, -0.05) is 44.2 Å². The van der Waals surface area contributed by atoms with Crippen LogP contribution < -0.4 is 20.9 Å². The van der Waals surface area contributed by atoms with E-state index in [1.54, 1.807) is 24.7 Å². The number of aromatic nitrogens is 7. The maximum absolute atomic E-state index is 9.91. The van der Waals surface area contributed by atoms with Crippen LogP contribution in [0.3, 0.4) is 0 Å². The number of hydrogen-bond acceptors (Lipinski definition) is 12. The number of nitrogens with zero attached hydrogens (tertiary/aromatic N) is 10. The molecule has 0 bridgehead atoms. The van der Waals surface area contributed by atoms with Gasteiger partial charge in [-0.2, -0.15) is 10.5 Å². The van der Waals surface area contributed by atoms with Gasteiger partial charge < -0.3 is 25.4 Å². The van der Waals surface area contributed by atoms with E-state index in [4.69, 9.17) is 4.98 Å². The van der Waals surface area contributed by atoms with E-state index >= 15 is 0 Å². The van der Waals surface area contributed by atoms with Crippen molar-refractivity contribution >= 4 is 39.9 Å². The topological polar surface area (TPSA) is 169 Å². The molecule has 1 unspecified atom stereocenters. The van der Waals surface area contributed by atoms with Gasteiger partial charge in [0, 0.05) is 51.0 Å². The molecule has 6 aromatic rings. The number of para-hydroxylation sites is 4. The van der Waals surface area contributed by atoms with E-state index in [2.05, 4.69) is 96.2 Å². The van der Waals surface area contributed by atoms with E-state index < -0.39 is 5.92 Å². The molecule has 5 heterocycles. The second-order valence-corrected chi connectivity index (χ2v) is 13.3. The molecule has 1 atom stereocenters. The van der Waals surface area contributed by atoms with Crippen LogP contribution in [0.2, 0.25) is 0 Å². The normalized spacial score (nSPS) is 13.2. The number of benzene rings is 2. The zero-order valence-corrected chi connectivity index (χ0v) is 31.8. The summed E-state index contributed by atoms with van der Waals surface area (Å²) in [5.74, 6) is 2.45. The Morgan fingerprint density at radius 3 is 2.40 bits per heavy atom. The lowest BCUT2D eigenvalue weighted by molar-refractivity contribution is 0.684. The largest absolute Gasteiger partial charge is 0.354 e. The number of nitrogens with one attached hydrogen (secondary N) is 3. The molecule has 13 nitrogen and oxygen atoms in total. The second-order valence-electron chi connectivity index (χ2n) is 13.3. The number of nitriles is 2. The van der Waals surface area contributed by atoms with Crippen LogP contribution in [0.15, 0.2) is 97.3 Å². The molecule has 2 aromatic carbocycles. The lowest BCUT2D eigenvalue weighted by Gasteiger charge is -2.19. The Morgan fingerprint density at radius 2 is 1.65 bits per heavy atom. The molecular formula is C42H45N13. The van der Waals surface area contributed by atoms with Crippen molar-refractivity contribution < 1.29 is 0 Å². The molecule has 0 saturated heterocycles. The first-order chi connectivity index (χ1) is 26.8. The summed E-state index contributed by atoms with van der Waals surface area (Å²) in [6, 6.07) is 26.4. The lowest BCUT2D eigenvalue weighted by Crippen LogP contribution is -2.22. The third-order valence-electron chi connectivity index (χ3n) is 9.04. The molecule has 0 spiro atoms. The zero-order chi connectivity index (χ0) is 38.7. The van der Waals surface area contributed by atoms with Crippen molar-refractivity contribution in [2.45, 2.75) is 53.5 Å². The van der Waals surface area contributed by atoms with Crippen LogP contribution in [-0.4, -0.2) is 54.1 Å². The van der Waals surface area contributed by atoms with Crippen molar-refractivity contribution in [1.82, 2.24) is 34.5 Å². The first-order valence-corrected chi connectivity index (χ1v) is 18.5. The number of anilines is 4. The third-order valence-corrected chi connectivity index (χ3v) is 9.04. The number of allylic oxidation sites excluding steroid dienone is 1. The fourth-order valence-corrected chi connectivity index (χ4v) is 6.34. The average Bonchev–Trinajstić information content (AvgIpc) is 3.77. The average molecular weight is 732 g/mol. The van der Waals surface area contributed by atoms with Gasteiger partial charge in [0.25, 0.3) is 0 Å². The molecule has 3 N–H and O–H groups in total. The van der Waals surface area contributed by atoms with Crippen LogP contribution in [0.5, 0.6) is 0 Å². The van der Waals surface area contributed by atoms with E-state index in [-0.39, 0.29) is 0 Å². The minimum atomic E-state index is -0.566. The Bertz CT molecular complexity index is 2350. The van der Waals surface area contributed by atoms with Crippen molar-refractivity contribution in [2.75, 3.05) is 40.5 Å². The van der Waals surface area contributed by atoms with Crippen LogP contribution in [0.4, 0.5) is 23.3 Å². The predicted octanol–water partition coefficient (Wildman–Crippen LogP) is 7.55. The van der Waals surface area contributed by atoms with Crippen LogP contribution in [0, 0.1) is 35.5 Å². The van der Waals surface area contributed by atoms with E-state index in [1.807, 2.05) is 67.7 Å². The Kier molecular flexibility index (Phi) is 12.2. The number of rotatable bonds is 12. The van der Waals surface area contributed by atoms with Gasteiger partial charge in [0.2, 0.25) is 11.9 Å². The van der Waals surface area contributed by atoms with Gasteiger partial charge >= 0.3 is 0 Å². The summed E-state index contributed by atoms with van der Waals surface area (Å²) < 4.78 is 2.07. The summed E-state index contributed by atoms with van der Waals surface area (Å²) in [4.78, 5) is 28.8. The summed E-state index contributed by atoms with van der Waals surface area (Å²) in [6.07, 6.45) is 7.86. The molecule has 13 heteroatoms. The van der Waals surface area contributed by atoms with Crippen LogP contribution in [-0.2, 0) is 13.0 Å². The molecule has 0 fully saturated rings. The van der Waals surface area contributed by atoms with E-state index in [1.165, 1.54) is 0 Å². The van der Waals surface area contributed by atoms with Gasteiger partial charge in [0.1, 0.15) is 29.2 Å². The van der Waals surface area contributed by atoms with Gasteiger partial charge in [-0.3, -0.25) is 4.98 Å². The number of pyridine rings is 1. The molecule has 0 amide bonds. The fourth-order valence-electron chi connectivity index (χ4n) is 6.34. The van der Waals surface area contributed by atoms with Crippen molar-refractivity contribution in [1.29, 1.82) is 10.5 Å². The Hall–Kier alpha value is -6.86. The molecule has 55 heavy (non-hydrogen) atoms. The summed E-state index contributed by atoms with van der Waals surface area (Å²) in [7, 11) is 0. The van der Waals surface area contributed by atoms with E-state index in [0.29, 0.717) is 47.1 Å². The summed E-state index contributed by atoms with van der Waals surface area (Å²) in [5.41, 5.74) is 7.81. The monoisotopic (exact) mass is 731 g/mol. The zero-order valence-electron chi connectivity index (χ0n) is 31.8. The molecule has 278 valence electrons. The van der Waals surface area contributed by atoms with Crippen LogP contribution in [0.25, 0.3) is 16.6 Å². The van der Waals surface area contributed by atoms with Gasteiger partial charge in [-0.25, -0.2) is 24.9 Å². The highest BCUT2D eigenvalue weighted by molar-refractivity contribution is 5.91. The van der Waals surface area contributed by atoms with Crippen molar-refractivity contribution in [3.8, 4) is 12.1 Å². The minimum Gasteiger partial charge on any atom is -0.354 e. The van der Waals surface area contributed by atoms with Crippen molar-refractivity contribution in [3.05, 3.63) is 126 Å². The molecule has 0 aliphatic carbocycles. The number of aryl methyl sites for hydroxylation is 2. The number of imidazole rings is 1. The van der Waals surface area contributed by atoms with Gasteiger partial charge in [-0.15, -0.1) is 0 Å². The minimum absolute atomic E-state index is 0.485. The third kappa shape index (κ3) is 8.69. The maximum atomic E-state index is 9.91. The standard InChI is InChI=1S/C22H21N7.C20H24N6/c1-2-29-20-8-4-3-7-19(20)27-21(29)17(14-23)18-10-13-26-22(28-18)25-12-9-16-6-5-11-24-15-16;1-5-26-17-9-7-6-8-16(17)24-19(26)15(10-21)18-14(4)12-23-20(25-18)22-11-13(2)3/h3-8,10-11,13,15,17H,2,9,12H2,1H3,(H,25,26,28);6-9,12-13,24H,5,11H2,1-4H3,(H,22,23,25)/b;19-15+. The second kappa shape index (κ2) is 17.8. The highest BCUT2D eigenvalue weighted by Gasteiger charge is 2.27. The van der Waals surface area contributed by atoms with Crippen LogP contribution in [0.1, 0.15) is 62.0 Å². The smallest absolute Gasteiger partial charge is 0.223 e. The molecule has 0 radical (unpaired) electrons. The highest BCUT2D eigenvalue weighted by Crippen LogP contribution is 2.39. The number of fused-ring (bicyclic) bond motifs is 2. The fraction of sp³-hybridized carbons (Fsp3) is 0.286. The SMILES string of the molecule is CCN1/C(=C(\C#N)c2nc(NCC(C)C)ncc2C)Nc2ccccc21.CCn1c(C(C#N)c2ccnc(NCCc3cccnc3)n2)nc2ccccc21. The molecule has 4 aromatic heterocycles. The van der Waals surface area contributed by atoms with E-state index in [9.17, 15) is 10.5 Å². The molecule has 1 aliphatic heterocycles. The Balaban J connectivity index is 0.000000188. The lowest BCUT2D eigenvalue weighted by atomic mass is 10.1. The van der Waals surface area contributed by atoms with Crippen molar-refractivity contribution in [2.24, 2.45) is 5.92 Å². The summed E-state index contributed by atoms with van der Waals surface area (Å²) in [6.45, 7) is 13.3. The van der Waals surface area contributed by atoms with Gasteiger partial charge in [0.05, 0.1) is 39.9 Å². The predicted molar refractivity (Wildman–Crippen MR) is 217 cm³/mol. The summed E-state index contributed by atoms with van der Waals surface area (Å²) in [5, 5.41) is 29.7. The highest BCUT2D eigenvalue weighted by atomic mass is 15.3. The van der Waals surface area contributed by atoms with Crippen molar-refractivity contribution in [3.63, 3.8) is 0 Å². The van der Waals surface area contributed by atoms with Gasteiger partial charge in [0.15, 0.2) is 0 Å². The number of hydrogen-bond donors (Lipinski definition) is 3. The maximum Gasteiger partial charge on any atom is 0.223 e. The quantitative estimate of drug-likeness (QED) is 0.106. The van der Waals surface area contributed by atoms with Crippen LogP contribution >= 0.6 is 0 Å². The molecular weight excluding hydrogens is 687 g/mol. The first-order valence-electron chi connectivity index (χ1n) is 18.5. The molecule has 0 saturated carbocycles. The summed E-state index contributed by atoms with van der Waals surface area (Å²) >= 11 is 0. The van der Waals surface area contributed by atoms with E-state index in [0.717, 1.165) is 65.4 Å². The molecule has 7 rings (SSSR count). The Morgan fingerprint density at radius 1 is 0.855 bits per heavy atom. The molecule has 1 aliphatic rings. The first kappa shape index (κ1) is 37.9.